The van der Waals surface area contributed by atoms with Gasteiger partial charge in [-0.3, -0.25) is 9.63 Å². The van der Waals surface area contributed by atoms with Crippen LogP contribution in [-0.4, -0.2) is 45.3 Å². The Morgan fingerprint density at radius 1 is 1.03 bits per heavy atom. The number of methoxy groups -OCH3 is 1. The van der Waals surface area contributed by atoms with Crippen LogP contribution in [0.4, 0.5) is 11.5 Å². The highest BCUT2D eigenvalue weighted by atomic mass is 32.2. The Hall–Kier alpha value is -4.15. The Bertz CT molecular complexity index is 1410. The molecule has 2 aromatic carbocycles. The third-order valence-corrected chi connectivity index (χ3v) is 6.69. The quantitative estimate of drug-likeness (QED) is 0.514. The van der Waals surface area contributed by atoms with Gasteiger partial charge in [0.05, 0.1) is 12.8 Å². The maximum absolute atomic E-state index is 13.9. The number of para-hydroxylation sites is 1. The van der Waals surface area contributed by atoms with E-state index in [9.17, 15) is 4.79 Å². The van der Waals surface area contributed by atoms with Crippen LogP contribution in [0.3, 0.4) is 0 Å². The van der Waals surface area contributed by atoms with E-state index in [4.69, 9.17) is 14.6 Å². The minimum absolute atomic E-state index is 0.228. The molecule has 1 aromatic heterocycles. The van der Waals surface area contributed by atoms with Gasteiger partial charge in [0.25, 0.3) is 5.91 Å². The summed E-state index contributed by atoms with van der Waals surface area (Å²) in [4.78, 5) is 34.1. The van der Waals surface area contributed by atoms with Crippen molar-refractivity contribution >= 4 is 40.2 Å². The van der Waals surface area contributed by atoms with Crippen molar-refractivity contribution < 1.29 is 14.4 Å². The number of amidine groups is 2. The first-order valence-corrected chi connectivity index (χ1v) is 12.5. The monoisotopic (exact) mass is 498 g/mol. The maximum atomic E-state index is 13.9. The van der Waals surface area contributed by atoms with E-state index in [1.165, 1.54) is 11.8 Å². The molecule has 4 heterocycles. The number of nitrogens with zero attached hydrogens (tertiary/aromatic N) is 6. The van der Waals surface area contributed by atoms with Crippen LogP contribution in [0.25, 0.3) is 0 Å². The number of pyridine rings is 1. The number of aliphatic imine (C=N–C) groups is 2. The minimum atomic E-state index is -0.559. The molecular formula is C26H22N6O3S. The lowest BCUT2D eigenvalue weighted by Crippen LogP contribution is -2.51. The Labute approximate surface area is 212 Å². The summed E-state index contributed by atoms with van der Waals surface area (Å²) in [6.07, 6.45) is 4.62. The van der Waals surface area contributed by atoms with Crippen LogP contribution >= 0.6 is 11.8 Å². The molecule has 10 heteroatoms. The number of aromatic nitrogens is 1. The molecule has 180 valence electrons. The molecule has 0 bridgehead atoms. The van der Waals surface area contributed by atoms with Gasteiger partial charge in [-0.15, -0.1) is 0 Å². The van der Waals surface area contributed by atoms with Gasteiger partial charge >= 0.3 is 0 Å². The van der Waals surface area contributed by atoms with Crippen molar-refractivity contribution in [2.75, 3.05) is 18.4 Å². The van der Waals surface area contributed by atoms with Crippen LogP contribution in [0.5, 0.6) is 5.75 Å². The molecule has 0 radical (unpaired) electrons. The first-order valence-electron chi connectivity index (χ1n) is 11.3. The van der Waals surface area contributed by atoms with Crippen LogP contribution in [-0.2, 0) is 16.2 Å². The van der Waals surface area contributed by atoms with E-state index in [-0.39, 0.29) is 12.5 Å². The molecule has 1 amide bonds. The van der Waals surface area contributed by atoms with E-state index >= 15 is 0 Å². The van der Waals surface area contributed by atoms with Gasteiger partial charge in [-0.25, -0.2) is 25.0 Å². The number of benzene rings is 2. The van der Waals surface area contributed by atoms with E-state index in [0.29, 0.717) is 22.4 Å². The summed E-state index contributed by atoms with van der Waals surface area (Å²) < 4.78 is 5.24. The van der Waals surface area contributed by atoms with Crippen molar-refractivity contribution in [3.05, 3.63) is 95.8 Å². The summed E-state index contributed by atoms with van der Waals surface area (Å²) in [5.74, 6) is 1.62. The number of hydrogen-bond donors (Lipinski definition) is 0. The summed E-state index contributed by atoms with van der Waals surface area (Å²) in [6.45, 7) is 0.273. The van der Waals surface area contributed by atoms with Crippen molar-refractivity contribution in [3.8, 4) is 5.75 Å². The lowest BCUT2D eigenvalue weighted by Gasteiger charge is -2.38. The lowest BCUT2D eigenvalue weighted by molar-refractivity contribution is -0.129. The highest BCUT2D eigenvalue weighted by Gasteiger charge is 2.48. The number of amides is 1. The number of fused-ring (bicyclic) bond motifs is 4. The number of hydrogen-bond acceptors (Lipinski definition) is 9. The molecule has 0 N–H and O–H groups in total. The van der Waals surface area contributed by atoms with Gasteiger partial charge in [0.15, 0.2) is 23.0 Å². The molecule has 0 spiro atoms. The highest BCUT2D eigenvalue weighted by Crippen LogP contribution is 2.47. The van der Waals surface area contributed by atoms with E-state index in [2.05, 4.69) is 9.98 Å². The van der Waals surface area contributed by atoms with Gasteiger partial charge in [0.2, 0.25) is 0 Å². The number of rotatable bonds is 5. The Kier molecular flexibility index (Phi) is 5.67. The number of ether oxygens (including phenoxy) is 1. The van der Waals surface area contributed by atoms with E-state index in [1.807, 2.05) is 78.0 Å². The van der Waals surface area contributed by atoms with E-state index < -0.39 is 6.17 Å². The van der Waals surface area contributed by atoms with Crippen LogP contribution in [0.1, 0.15) is 17.3 Å². The average molecular weight is 499 g/mol. The van der Waals surface area contributed by atoms with Crippen molar-refractivity contribution in [2.45, 2.75) is 12.8 Å². The zero-order valence-electron chi connectivity index (χ0n) is 19.6. The fraction of sp³-hybridized carbons (Fsp3) is 0.154. The minimum Gasteiger partial charge on any atom is -0.497 e. The van der Waals surface area contributed by atoms with Crippen molar-refractivity contribution in [1.29, 1.82) is 0 Å². The molecular weight excluding hydrogens is 476 g/mol. The fourth-order valence-corrected chi connectivity index (χ4v) is 4.81. The SMILES string of the molecule is COc1ccc(CON2C(SC)=NC=C3C(=O)N4C(N=C32)c2ccccc2N4c2ccccn2)cc1. The largest absolute Gasteiger partial charge is 0.497 e. The zero-order chi connectivity index (χ0) is 24.6. The van der Waals surface area contributed by atoms with Gasteiger partial charge in [0.1, 0.15) is 17.9 Å². The Morgan fingerprint density at radius 2 is 1.83 bits per heavy atom. The zero-order valence-corrected chi connectivity index (χ0v) is 20.4. The second-order valence-corrected chi connectivity index (χ2v) is 8.88. The molecule has 3 aliphatic rings. The average Bonchev–Trinajstić information content (AvgIpc) is 3.27. The number of hydroxylamine groups is 2. The molecule has 1 atom stereocenters. The molecule has 1 unspecified atom stereocenters. The van der Waals surface area contributed by atoms with Crippen LogP contribution < -0.4 is 9.75 Å². The first kappa shape index (κ1) is 22.3. The first-order chi connectivity index (χ1) is 17.7. The third kappa shape index (κ3) is 3.62. The Balaban J connectivity index is 1.39. The number of thioether (sulfide) groups is 1. The molecule has 0 aliphatic carbocycles. The van der Waals surface area contributed by atoms with Gasteiger partial charge in [-0.05, 0) is 42.2 Å². The molecule has 9 nitrogen and oxygen atoms in total. The second kappa shape index (κ2) is 9.14. The van der Waals surface area contributed by atoms with Gasteiger partial charge in [-0.1, -0.05) is 48.2 Å². The van der Waals surface area contributed by atoms with Gasteiger partial charge < -0.3 is 4.74 Å². The third-order valence-electron chi connectivity index (χ3n) is 6.05. The summed E-state index contributed by atoms with van der Waals surface area (Å²) >= 11 is 1.42. The molecule has 0 saturated heterocycles. The summed E-state index contributed by atoms with van der Waals surface area (Å²) in [5, 5.41) is 5.61. The van der Waals surface area contributed by atoms with E-state index in [0.717, 1.165) is 22.6 Å². The molecule has 3 aliphatic heterocycles. The predicted octanol–water partition coefficient (Wildman–Crippen LogP) is 4.45. The Morgan fingerprint density at radius 3 is 2.58 bits per heavy atom. The maximum Gasteiger partial charge on any atom is 0.280 e. The predicted molar refractivity (Wildman–Crippen MR) is 138 cm³/mol. The number of carbonyl (C=O) groups excluding carboxylic acids is 1. The summed E-state index contributed by atoms with van der Waals surface area (Å²) in [5.41, 5.74) is 3.07. The number of hydrazine groups is 1. The van der Waals surface area contributed by atoms with Gasteiger partial charge in [0, 0.05) is 18.0 Å². The summed E-state index contributed by atoms with van der Waals surface area (Å²) in [7, 11) is 1.63. The lowest BCUT2D eigenvalue weighted by atomic mass is 10.1. The number of carbonyl (C=O) groups is 1. The smallest absolute Gasteiger partial charge is 0.280 e. The van der Waals surface area contributed by atoms with Crippen LogP contribution in [0.2, 0.25) is 0 Å². The highest BCUT2D eigenvalue weighted by molar-refractivity contribution is 8.13. The van der Waals surface area contributed by atoms with Crippen molar-refractivity contribution in [2.24, 2.45) is 9.98 Å². The second-order valence-electron chi connectivity index (χ2n) is 8.11. The van der Waals surface area contributed by atoms with Gasteiger partial charge in [-0.2, -0.15) is 5.06 Å². The molecule has 0 saturated carbocycles. The molecule has 0 fully saturated rings. The van der Waals surface area contributed by atoms with Crippen LogP contribution in [0.15, 0.2) is 94.7 Å². The summed E-state index contributed by atoms with van der Waals surface area (Å²) in [6, 6.07) is 21.1. The number of anilines is 2. The molecule has 6 rings (SSSR count). The van der Waals surface area contributed by atoms with Crippen LogP contribution in [0, 0.1) is 0 Å². The van der Waals surface area contributed by atoms with Crippen molar-refractivity contribution in [3.63, 3.8) is 0 Å². The molecule has 3 aromatic rings. The topological polar surface area (TPSA) is 82.9 Å². The standard InChI is InChI=1S/C26H22N6O3S/c1-34-18-12-10-17(11-13-18)16-35-32-24-20(15-28-26(32)36-2)25(33)31-23(29-24)19-7-3-4-8-21(19)30(31)22-9-5-6-14-27-22/h3-15,23H,16H2,1-2H3. The molecule has 36 heavy (non-hydrogen) atoms. The normalized spacial score (nSPS) is 18.2. The van der Waals surface area contributed by atoms with E-state index in [1.54, 1.807) is 29.6 Å². The fourth-order valence-electron chi connectivity index (χ4n) is 4.35. The van der Waals surface area contributed by atoms with Crippen molar-refractivity contribution in [1.82, 2.24) is 15.1 Å².